The highest BCUT2D eigenvalue weighted by molar-refractivity contribution is 6.74. The summed E-state index contributed by atoms with van der Waals surface area (Å²) >= 11 is 0. The molecule has 1 amide bonds. The zero-order valence-electron chi connectivity index (χ0n) is 21.2. The lowest BCUT2D eigenvalue weighted by molar-refractivity contribution is -0.142. The molecule has 0 bridgehead atoms. The fraction of sp³-hybridized carbons (Fsp3) is 0.680. The molecule has 1 aromatic carbocycles. The van der Waals surface area contributed by atoms with E-state index in [-0.39, 0.29) is 35.0 Å². The highest BCUT2D eigenvalue weighted by Gasteiger charge is 2.54. The summed E-state index contributed by atoms with van der Waals surface area (Å²) in [5, 5.41) is 3.07. The van der Waals surface area contributed by atoms with Gasteiger partial charge >= 0.3 is 12.1 Å². The second-order valence-corrected chi connectivity index (χ2v) is 16.1. The van der Waals surface area contributed by atoms with Crippen LogP contribution in [-0.4, -0.2) is 45.2 Å². The van der Waals surface area contributed by atoms with Gasteiger partial charge in [-0.25, -0.2) is 4.79 Å². The first-order valence-corrected chi connectivity index (χ1v) is 14.3. The summed E-state index contributed by atoms with van der Waals surface area (Å²) in [5.41, 5.74) is 0.485. The van der Waals surface area contributed by atoms with E-state index < -0.39 is 20.0 Å². The lowest BCUT2D eigenvalue weighted by Gasteiger charge is -2.42. The number of hydrogen-bond donors (Lipinski definition) is 1. The minimum absolute atomic E-state index is 0.000207. The van der Waals surface area contributed by atoms with Gasteiger partial charge in [-0.15, -0.1) is 0 Å². The van der Waals surface area contributed by atoms with Crippen molar-refractivity contribution >= 4 is 20.4 Å². The Morgan fingerprint density at radius 1 is 1.09 bits per heavy atom. The van der Waals surface area contributed by atoms with E-state index in [1.165, 1.54) is 7.11 Å². The second-order valence-electron chi connectivity index (χ2n) is 11.3. The minimum atomic E-state index is -2.19. The normalized spacial score (nSPS) is 20.8. The van der Waals surface area contributed by atoms with Crippen molar-refractivity contribution in [3.05, 3.63) is 35.9 Å². The van der Waals surface area contributed by atoms with Crippen molar-refractivity contribution in [2.75, 3.05) is 7.11 Å². The van der Waals surface area contributed by atoms with Gasteiger partial charge in [-0.2, -0.15) is 0 Å². The third kappa shape index (κ3) is 7.34. The molecule has 7 heteroatoms. The van der Waals surface area contributed by atoms with Gasteiger partial charge in [0.1, 0.15) is 5.60 Å². The molecule has 0 heterocycles. The number of nitrogens with one attached hydrogen (secondary N) is 1. The highest BCUT2D eigenvalue weighted by Crippen LogP contribution is 2.48. The zero-order chi connectivity index (χ0) is 24.3. The molecule has 32 heavy (non-hydrogen) atoms. The number of methoxy groups -OCH3 is 1. The van der Waals surface area contributed by atoms with Crippen LogP contribution in [-0.2, 0) is 25.1 Å². The van der Waals surface area contributed by atoms with Gasteiger partial charge < -0.3 is 19.2 Å². The lowest BCUT2D eigenvalue weighted by atomic mass is 9.97. The number of rotatable bonds is 8. The predicted octanol–water partition coefficient (Wildman–Crippen LogP) is 5.32. The van der Waals surface area contributed by atoms with E-state index in [1.807, 2.05) is 51.1 Å². The van der Waals surface area contributed by atoms with Crippen molar-refractivity contribution in [3.63, 3.8) is 0 Å². The monoisotopic (exact) mass is 463 g/mol. The number of hydrogen-bond acceptors (Lipinski definition) is 5. The summed E-state index contributed by atoms with van der Waals surface area (Å²) in [5.74, 6) is -0.414. The Morgan fingerprint density at radius 3 is 2.19 bits per heavy atom. The van der Waals surface area contributed by atoms with Gasteiger partial charge in [0.05, 0.1) is 25.2 Å². The van der Waals surface area contributed by atoms with E-state index in [0.717, 1.165) is 5.56 Å². The molecule has 0 aliphatic heterocycles. The van der Waals surface area contributed by atoms with Crippen molar-refractivity contribution in [2.24, 2.45) is 11.8 Å². The average molecular weight is 464 g/mol. The van der Waals surface area contributed by atoms with Gasteiger partial charge in [-0.05, 0) is 63.2 Å². The van der Waals surface area contributed by atoms with E-state index in [4.69, 9.17) is 13.9 Å². The van der Waals surface area contributed by atoms with Gasteiger partial charge in [-0.1, -0.05) is 51.1 Å². The Balaban J connectivity index is 2.37. The summed E-state index contributed by atoms with van der Waals surface area (Å²) in [6, 6.07) is 9.68. The van der Waals surface area contributed by atoms with Crippen LogP contribution in [0, 0.1) is 11.8 Å². The van der Waals surface area contributed by atoms with Crippen molar-refractivity contribution in [2.45, 2.75) is 90.3 Å². The summed E-state index contributed by atoms with van der Waals surface area (Å²) in [7, 11) is -0.769. The van der Waals surface area contributed by atoms with Crippen LogP contribution in [0.4, 0.5) is 4.79 Å². The van der Waals surface area contributed by atoms with Gasteiger partial charge in [0.15, 0.2) is 8.32 Å². The Morgan fingerprint density at radius 2 is 1.69 bits per heavy atom. The predicted molar refractivity (Wildman–Crippen MR) is 129 cm³/mol. The fourth-order valence-electron chi connectivity index (χ4n) is 3.56. The summed E-state index contributed by atoms with van der Waals surface area (Å²) in [4.78, 5) is 25.0. The summed E-state index contributed by atoms with van der Waals surface area (Å²) < 4.78 is 17.4. The van der Waals surface area contributed by atoms with Crippen molar-refractivity contribution in [3.8, 4) is 0 Å². The standard InChI is InChI=1S/C25H41NO5Si/c1-24(2,3)30-23(28)26-20(15-17-13-11-10-12-14-17)21(18-16-19(18)22(27)29-7)31-32(8,9)25(4,5)6/h10-14,18-21H,15-16H2,1-9H3,(H,26,28). The largest absolute Gasteiger partial charge is 0.469 e. The molecule has 0 aromatic heterocycles. The smallest absolute Gasteiger partial charge is 0.407 e. The van der Waals surface area contributed by atoms with E-state index >= 15 is 0 Å². The van der Waals surface area contributed by atoms with E-state index in [9.17, 15) is 9.59 Å². The maximum Gasteiger partial charge on any atom is 0.407 e. The van der Waals surface area contributed by atoms with Crippen molar-refractivity contribution in [1.29, 1.82) is 0 Å². The number of alkyl carbamates (subject to hydrolysis) is 1. The molecule has 2 rings (SSSR count). The quantitative estimate of drug-likeness (QED) is 0.417. The molecular formula is C25H41NO5Si. The summed E-state index contributed by atoms with van der Waals surface area (Å²) in [6.45, 7) is 16.5. The Bertz CT molecular complexity index is 782. The van der Waals surface area contributed by atoms with E-state index in [1.54, 1.807) is 0 Å². The molecule has 6 nitrogen and oxygen atoms in total. The van der Waals surface area contributed by atoms with Gasteiger partial charge in [0.2, 0.25) is 0 Å². The molecule has 1 N–H and O–H groups in total. The molecule has 1 aromatic rings. The van der Waals surface area contributed by atoms with Crippen LogP contribution in [0.2, 0.25) is 18.1 Å². The first-order chi connectivity index (χ1) is 14.6. The van der Waals surface area contributed by atoms with Crippen LogP contribution in [0.25, 0.3) is 0 Å². The van der Waals surface area contributed by atoms with Gasteiger partial charge in [0.25, 0.3) is 0 Å². The third-order valence-electron chi connectivity index (χ3n) is 6.40. The molecule has 0 saturated heterocycles. The number of amides is 1. The number of esters is 1. The molecule has 0 spiro atoms. The molecule has 1 fully saturated rings. The molecule has 1 aliphatic rings. The van der Waals surface area contributed by atoms with Crippen LogP contribution in [0.15, 0.2) is 30.3 Å². The molecule has 0 radical (unpaired) electrons. The van der Waals surface area contributed by atoms with Crippen molar-refractivity contribution in [1.82, 2.24) is 5.32 Å². The van der Waals surface area contributed by atoms with E-state index in [2.05, 4.69) is 39.2 Å². The number of benzene rings is 1. The van der Waals surface area contributed by atoms with Crippen LogP contribution < -0.4 is 5.32 Å². The average Bonchev–Trinajstić information content (AvgIpc) is 3.44. The van der Waals surface area contributed by atoms with Crippen molar-refractivity contribution < 1.29 is 23.5 Å². The minimum Gasteiger partial charge on any atom is -0.469 e. The molecule has 4 unspecified atom stereocenters. The van der Waals surface area contributed by atoms with Crippen LogP contribution in [0.5, 0.6) is 0 Å². The third-order valence-corrected chi connectivity index (χ3v) is 10.9. The maximum absolute atomic E-state index is 12.8. The Kier molecular flexibility index (Phi) is 8.21. The molecular weight excluding hydrogens is 422 g/mol. The molecule has 1 saturated carbocycles. The van der Waals surface area contributed by atoms with Gasteiger partial charge in [-0.3, -0.25) is 4.79 Å². The first kappa shape index (κ1) is 26.4. The molecule has 4 atom stereocenters. The van der Waals surface area contributed by atoms with Crippen LogP contribution >= 0.6 is 0 Å². The zero-order valence-corrected chi connectivity index (χ0v) is 22.2. The highest BCUT2D eigenvalue weighted by atomic mass is 28.4. The molecule has 1 aliphatic carbocycles. The number of carbonyl (C=O) groups is 2. The van der Waals surface area contributed by atoms with Crippen LogP contribution in [0.3, 0.4) is 0 Å². The molecule has 180 valence electrons. The fourth-order valence-corrected chi connectivity index (χ4v) is 4.93. The Hall–Kier alpha value is -1.86. The van der Waals surface area contributed by atoms with Crippen LogP contribution in [0.1, 0.15) is 53.5 Å². The second kappa shape index (κ2) is 9.95. The topological polar surface area (TPSA) is 73.9 Å². The number of ether oxygens (including phenoxy) is 2. The number of carbonyl (C=O) groups excluding carboxylic acids is 2. The lowest BCUT2D eigenvalue weighted by Crippen LogP contribution is -2.54. The first-order valence-electron chi connectivity index (χ1n) is 11.4. The Labute approximate surface area is 194 Å². The maximum atomic E-state index is 12.8. The summed E-state index contributed by atoms with van der Waals surface area (Å²) in [6.07, 6.45) is 0.502. The van der Waals surface area contributed by atoms with Gasteiger partial charge in [0, 0.05) is 0 Å². The van der Waals surface area contributed by atoms with E-state index in [0.29, 0.717) is 12.8 Å². The SMILES string of the molecule is COC(=O)C1CC1C(O[Si](C)(C)C(C)(C)C)C(Cc1ccccc1)NC(=O)OC(C)(C)C.